The number of sulfonamides is 1. The summed E-state index contributed by atoms with van der Waals surface area (Å²) in [5.74, 6) is 2.55. The van der Waals surface area contributed by atoms with Crippen molar-refractivity contribution in [3.63, 3.8) is 0 Å². The van der Waals surface area contributed by atoms with E-state index in [0.717, 1.165) is 17.8 Å². The SMILES string of the molecule is C[C@@H](SC12CC3CC(CC(C3)C1)C2)C(=O)Nc1cccc(S(=O)(=O)N(C)C)c1. The Morgan fingerprint density at radius 2 is 1.71 bits per heavy atom. The van der Waals surface area contributed by atoms with Crippen LogP contribution in [0.4, 0.5) is 5.69 Å². The van der Waals surface area contributed by atoms with Gasteiger partial charge in [0.1, 0.15) is 0 Å². The summed E-state index contributed by atoms with van der Waals surface area (Å²) in [5.41, 5.74) is 0.533. The van der Waals surface area contributed by atoms with Crippen molar-refractivity contribution in [1.29, 1.82) is 0 Å². The molecule has 28 heavy (non-hydrogen) atoms. The van der Waals surface area contributed by atoms with Crippen molar-refractivity contribution in [2.75, 3.05) is 19.4 Å². The lowest BCUT2D eigenvalue weighted by atomic mass is 9.56. The van der Waals surface area contributed by atoms with Gasteiger partial charge in [0.25, 0.3) is 0 Å². The third-order valence-corrected chi connectivity index (χ3v) is 10.0. The van der Waals surface area contributed by atoms with Crippen LogP contribution < -0.4 is 5.32 Å². The van der Waals surface area contributed by atoms with E-state index in [2.05, 4.69) is 5.32 Å². The Kier molecular flexibility index (Phi) is 5.30. The van der Waals surface area contributed by atoms with Gasteiger partial charge < -0.3 is 5.32 Å². The van der Waals surface area contributed by atoms with Crippen LogP contribution in [-0.2, 0) is 14.8 Å². The predicted octanol–water partition coefficient (Wildman–Crippen LogP) is 3.97. The largest absolute Gasteiger partial charge is 0.325 e. The first-order valence-electron chi connectivity index (χ1n) is 10.2. The molecular formula is C21H30N2O3S2. The van der Waals surface area contributed by atoms with Crippen LogP contribution in [-0.4, -0.2) is 42.7 Å². The molecule has 4 bridgehead atoms. The fourth-order valence-corrected chi connectivity index (χ4v) is 8.65. The smallest absolute Gasteiger partial charge is 0.242 e. The molecular weight excluding hydrogens is 392 g/mol. The molecule has 4 saturated carbocycles. The van der Waals surface area contributed by atoms with Gasteiger partial charge in [-0.1, -0.05) is 6.07 Å². The molecule has 4 fully saturated rings. The number of carbonyl (C=O) groups is 1. The van der Waals surface area contributed by atoms with E-state index in [0.29, 0.717) is 5.69 Å². The van der Waals surface area contributed by atoms with Crippen LogP contribution in [0.5, 0.6) is 0 Å². The molecule has 0 aliphatic heterocycles. The minimum atomic E-state index is -3.51. The van der Waals surface area contributed by atoms with Crippen molar-refractivity contribution in [1.82, 2.24) is 4.31 Å². The zero-order chi connectivity index (χ0) is 20.1. The average molecular weight is 423 g/mol. The van der Waals surface area contributed by atoms with Crippen molar-refractivity contribution >= 4 is 33.4 Å². The summed E-state index contributed by atoms with van der Waals surface area (Å²) in [7, 11) is -0.505. The van der Waals surface area contributed by atoms with Gasteiger partial charge in [-0.25, -0.2) is 12.7 Å². The minimum absolute atomic E-state index is 0.0415. The predicted molar refractivity (Wildman–Crippen MR) is 114 cm³/mol. The second-order valence-corrected chi connectivity index (χ2v) is 13.1. The zero-order valence-corrected chi connectivity index (χ0v) is 18.5. The van der Waals surface area contributed by atoms with Crippen LogP contribution in [0, 0.1) is 17.8 Å². The van der Waals surface area contributed by atoms with E-state index in [9.17, 15) is 13.2 Å². The average Bonchev–Trinajstić information content (AvgIpc) is 2.60. The number of amides is 1. The summed E-state index contributed by atoms with van der Waals surface area (Å²) in [6.07, 6.45) is 7.97. The molecule has 4 aliphatic carbocycles. The van der Waals surface area contributed by atoms with Crippen LogP contribution in [0.2, 0.25) is 0 Å². The van der Waals surface area contributed by atoms with E-state index in [1.165, 1.54) is 63.0 Å². The normalized spacial score (nSPS) is 32.5. The Hall–Kier alpha value is -1.05. The van der Waals surface area contributed by atoms with Gasteiger partial charge in [0.15, 0.2) is 0 Å². The second-order valence-electron chi connectivity index (χ2n) is 9.17. The summed E-state index contributed by atoms with van der Waals surface area (Å²) >= 11 is 1.86. The van der Waals surface area contributed by atoms with Crippen LogP contribution in [0.25, 0.3) is 0 Å². The lowest BCUT2D eigenvalue weighted by molar-refractivity contribution is -0.115. The van der Waals surface area contributed by atoms with Gasteiger partial charge in [0.2, 0.25) is 15.9 Å². The maximum absolute atomic E-state index is 12.8. The lowest BCUT2D eigenvalue weighted by Crippen LogP contribution is -2.49. The van der Waals surface area contributed by atoms with Gasteiger partial charge in [0, 0.05) is 24.5 Å². The number of anilines is 1. The number of nitrogens with zero attached hydrogens (tertiary/aromatic N) is 1. The number of benzene rings is 1. The molecule has 5 rings (SSSR count). The summed E-state index contributed by atoms with van der Waals surface area (Å²) in [5, 5.41) is 2.79. The van der Waals surface area contributed by atoms with Gasteiger partial charge >= 0.3 is 0 Å². The van der Waals surface area contributed by atoms with Gasteiger partial charge in [0.05, 0.1) is 10.1 Å². The van der Waals surface area contributed by atoms with Gasteiger partial charge in [-0.3, -0.25) is 4.79 Å². The summed E-state index contributed by atoms with van der Waals surface area (Å²) in [4.78, 5) is 13.0. The van der Waals surface area contributed by atoms with Crippen LogP contribution >= 0.6 is 11.8 Å². The molecule has 0 spiro atoms. The number of nitrogens with one attached hydrogen (secondary N) is 1. The first-order valence-corrected chi connectivity index (χ1v) is 12.5. The van der Waals surface area contributed by atoms with Crippen molar-refractivity contribution in [3.05, 3.63) is 24.3 Å². The highest BCUT2D eigenvalue weighted by Crippen LogP contribution is 2.61. The standard InChI is InChI=1S/C21H30N2O3S2/c1-14(27-21-11-15-7-16(12-21)9-17(8-15)13-21)20(24)22-18-5-4-6-19(10-18)28(25,26)23(2)3/h4-6,10,14-17H,7-9,11-13H2,1-3H3,(H,22,24)/t14-,15?,16?,17?,21?/m1/s1. The molecule has 1 amide bonds. The third kappa shape index (κ3) is 3.85. The Morgan fingerprint density at radius 3 is 2.25 bits per heavy atom. The fourth-order valence-electron chi connectivity index (χ4n) is 5.79. The first kappa shape index (κ1) is 20.2. The maximum atomic E-state index is 12.8. The molecule has 5 nitrogen and oxygen atoms in total. The zero-order valence-electron chi connectivity index (χ0n) is 16.8. The van der Waals surface area contributed by atoms with E-state index in [1.807, 2.05) is 18.7 Å². The summed E-state index contributed by atoms with van der Waals surface area (Å²) < 4.78 is 26.1. The summed E-state index contributed by atoms with van der Waals surface area (Å²) in [6, 6.07) is 6.51. The molecule has 7 heteroatoms. The molecule has 0 heterocycles. The Bertz CT molecular complexity index is 831. The molecule has 1 aromatic carbocycles. The Morgan fingerprint density at radius 1 is 1.14 bits per heavy atom. The Labute approximate surface area is 172 Å². The van der Waals surface area contributed by atoms with Crippen LogP contribution in [0.3, 0.4) is 0 Å². The third-order valence-electron chi connectivity index (χ3n) is 6.66. The van der Waals surface area contributed by atoms with Crippen molar-refractivity contribution < 1.29 is 13.2 Å². The molecule has 1 N–H and O–H groups in total. The van der Waals surface area contributed by atoms with Crippen molar-refractivity contribution in [2.45, 2.75) is 60.3 Å². The quantitative estimate of drug-likeness (QED) is 0.753. The van der Waals surface area contributed by atoms with Gasteiger partial charge in [-0.15, -0.1) is 11.8 Å². The Balaban J connectivity index is 1.43. The van der Waals surface area contributed by atoms with Crippen LogP contribution in [0.1, 0.15) is 45.4 Å². The lowest BCUT2D eigenvalue weighted by Gasteiger charge is -2.57. The first-order chi connectivity index (χ1) is 13.2. The van der Waals surface area contributed by atoms with E-state index in [-0.39, 0.29) is 20.8 Å². The van der Waals surface area contributed by atoms with E-state index in [4.69, 9.17) is 0 Å². The van der Waals surface area contributed by atoms with E-state index in [1.54, 1.807) is 18.2 Å². The number of rotatable bonds is 6. The van der Waals surface area contributed by atoms with Gasteiger partial charge in [-0.05, 0) is 81.4 Å². The van der Waals surface area contributed by atoms with Gasteiger partial charge in [-0.2, -0.15) is 0 Å². The minimum Gasteiger partial charge on any atom is -0.325 e. The molecule has 0 radical (unpaired) electrons. The topological polar surface area (TPSA) is 66.5 Å². The number of thioether (sulfide) groups is 1. The molecule has 0 saturated heterocycles. The number of hydrogen-bond donors (Lipinski definition) is 1. The van der Waals surface area contributed by atoms with Crippen molar-refractivity contribution in [3.8, 4) is 0 Å². The van der Waals surface area contributed by atoms with Crippen LogP contribution in [0.15, 0.2) is 29.2 Å². The van der Waals surface area contributed by atoms with E-state index >= 15 is 0 Å². The highest BCUT2D eigenvalue weighted by Gasteiger charge is 2.52. The fraction of sp³-hybridized carbons (Fsp3) is 0.667. The highest BCUT2D eigenvalue weighted by atomic mass is 32.2. The second kappa shape index (κ2) is 7.33. The highest BCUT2D eigenvalue weighted by molar-refractivity contribution is 8.02. The maximum Gasteiger partial charge on any atom is 0.242 e. The molecule has 1 atom stereocenters. The molecule has 1 aromatic rings. The van der Waals surface area contributed by atoms with E-state index < -0.39 is 10.0 Å². The number of carbonyl (C=O) groups excluding carboxylic acids is 1. The monoisotopic (exact) mass is 422 g/mol. The van der Waals surface area contributed by atoms with Crippen molar-refractivity contribution in [2.24, 2.45) is 17.8 Å². The number of hydrogen-bond acceptors (Lipinski definition) is 4. The summed E-state index contributed by atoms with van der Waals surface area (Å²) in [6.45, 7) is 1.99. The molecule has 0 aromatic heterocycles. The molecule has 154 valence electrons. The molecule has 0 unspecified atom stereocenters. The molecule has 4 aliphatic rings.